The molecule has 0 aromatic heterocycles. The number of nitrogens with one attached hydrogen (secondary N) is 1. The van der Waals surface area contributed by atoms with Crippen molar-refractivity contribution in [3.05, 3.63) is 0 Å². The molecule has 5 N–H and O–H groups in total. The van der Waals surface area contributed by atoms with Crippen molar-refractivity contribution in [3.63, 3.8) is 0 Å². The molecular weight excluding hydrogens is 216 g/mol. The summed E-state index contributed by atoms with van der Waals surface area (Å²) in [5.41, 5.74) is 5.42. The van der Waals surface area contributed by atoms with Crippen LogP contribution >= 0.6 is 0 Å². The Balaban J connectivity index is 4.13. The summed E-state index contributed by atoms with van der Waals surface area (Å²) >= 11 is 0. The highest BCUT2D eigenvalue weighted by atomic mass is 16.4. The Labute approximate surface area is 92.6 Å². The Morgan fingerprint density at radius 3 is 2.25 bits per heavy atom. The second-order valence-corrected chi connectivity index (χ2v) is 3.57. The summed E-state index contributed by atoms with van der Waals surface area (Å²) in [5, 5.41) is 19.2. The topological polar surface area (TPSA) is 130 Å². The van der Waals surface area contributed by atoms with Gasteiger partial charge in [-0.3, -0.25) is 9.59 Å². The normalized spacial score (nSPS) is 13.9. The van der Waals surface area contributed by atoms with Gasteiger partial charge in [0.25, 0.3) is 0 Å². The summed E-state index contributed by atoms with van der Waals surface area (Å²) < 4.78 is 0. The van der Waals surface area contributed by atoms with Crippen LogP contribution in [0, 0.1) is 0 Å². The lowest BCUT2D eigenvalue weighted by Gasteiger charge is -2.12. The molecule has 0 aromatic carbocycles. The molecule has 0 aliphatic heterocycles. The van der Waals surface area contributed by atoms with Gasteiger partial charge < -0.3 is 21.3 Å². The first-order valence-corrected chi connectivity index (χ1v) is 4.82. The van der Waals surface area contributed by atoms with Gasteiger partial charge in [-0.05, 0) is 13.3 Å². The number of nitrogens with two attached hydrogens (primary N) is 1. The number of carbonyl (C=O) groups is 3. The van der Waals surface area contributed by atoms with Crippen LogP contribution in [0.4, 0.5) is 0 Å². The van der Waals surface area contributed by atoms with Gasteiger partial charge in [0.15, 0.2) is 0 Å². The standard InChI is InChI=1S/C9H16N2O5/c1-5(10)2-3-7(12)11-6(9(15)16)4-8(13)14/h5-6H,2-4,10H2,1H3,(H,11,12)(H,13,14)(H,15,16). The number of carboxylic acids is 2. The highest BCUT2D eigenvalue weighted by Crippen LogP contribution is 1.97. The zero-order valence-corrected chi connectivity index (χ0v) is 8.97. The van der Waals surface area contributed by atoms with E-state index in [-0.39, 0.29) is 12.5 Å². The van der Waals surface area contributed by atoms with Gasteiger partial charge in [0, 0.05) is 12.5 Å². The molecule has 0 spiro atoms. The average Bonchev–Trinajstić information content (AvgIpc) is 2.12. The maximum Gasteiger partial charge on any atom is 0.326 e. The molecule has 0 radical (unpaired) electrons. The van der Waals surface area contributed by atoms with E-state index in [0.717, 1.165) is 0 Å². The number of carbonyl (C=O) groups excluding carboxylic acids is 1. The Bertz CT molecular complexity index is 277. The molecule has 0 fully saturated rings. The van der Waals surface area contributed by atoms with Crippen LogP contribution in [0.3, 0.4) is 0 Å². The van der Waals surface area contributed by atoms with Gasteiger partial charge in [0.05, 0.1) is 6.42 Å². The number of hydrogen-bond donors (Lipinski definition) is 4. The molecule has 0 heterocycles. The monoisotopic (exact) mass is 232 g/mol. The van der Waals surface area contributed by atoms with Gasteiger partial charge in [0.1, 0.15) is 6.04 Å². The SMILES string of the molecule is CC(N)CCC(=O)NC(CC(=O)O)C(=O)O. The summed E-state index contributed by atoms with van der Waals surface area (Å²) in [7, 11) is 0. The Morgan fingerprint density at radius 2 is 1.88 bits per heavy atom. The minimum absolute atomic E-state index is 0.0844. The second kappa shape index (κ2) is 6.78. The van der Waals surface area contributed by atoms with Crippen molar-refractivity contribution in [3.8, 4) is 0 Å². The maximum absolute atomic E-state index is 11.2. The van der Waals surface area contributed by atoms with E-state index in [4.69, 9.17) is 15.9 Å². The highest BCUT2D eigenvalue weighted by molar-refractivity contribution is 5.86. The molecule has 0 saturated heterocycles. The largest absolute Gasteiger partial charge is 0.481 e. The van der Waals surface area contributed by atoms with Crippen molar-refractivity contribution < 1.29 is 24.6 Å². The lowest BCUT2D eigenvalue weighted by Crippen LogP contribution is -2.42. The van der Waals surface area contributed by atoms with E-state index in [9.17, 15) is 14.4 Å². The van der Waals surface area contributed by atoms with Crippen LogP contribution in [-0.2, 0) is 14.4 Å². The molecule has 0 aliphatic carbocycles. The van der Waals surface area contributed by atoms with Crippen molar-refractivity contribution in [1.82, 2.24) is 5.32 Å². The van der Waals surface area contributed by atoms with Crippen molar-refractivity contribution in [1.29, 1.82) is 0 Å². The lowest BCUT2D eigenvalue weighted by atomic mass is 10.1. The lowest BCUT2D eigenvalue weighted by molar-refractivity contribution is -0.147. The fourth-order valence-electron chi connectivity index (χ4n) is 1.000. The van der Waals surface area contributed by atoms with Crippen LogP contribution in [0.2, 0.25) is 0 Å². The molecule has 2 atom stereocenters. The predicted octanol–water partition coefficient (Wildman–Crippen LogP) is -0.842. The first-order valence-electron chi connectivity index (χ1n) is 4.82. The van der Waals surface area contributed by atoms with Gasteiger partial charge >= 0.3 is 11.9 Å². The van der Waals surface area contributed by atoms with Crippen LogP contribution in [0.15, 0.2) is 0 Å². The zero-order chi connectivity index (χ0) is 12.7. The van der Waals surface area contributed by atoms with E-state index in [1.807, 2.05) is 0 Å². The molecular formula is C9H16N2O5. The van der Waals surface area contributed by atoms with Gasteiger partial charge in [-0.25, -0.2) is 4.79 Å². The molecule has 1 amide bonds. The van der Waals surface area contributed by atoms with Gasteiger partial charge in [0.2, 0.25) is 5.91 Å². The van der Waals surface area contributed by atoms with Crippen LogP contribution in [0.1, 0.15) is 26.2 Å². The van der Waals surface area contributed by atoms with Crippen LogP contribution in [-0.4, -0.2) is 40.1 Å². The molecule has 0 aromatic rings. The molecule has 16 heavy (non-hydrogen) atoms. The molecule has 7 nitrogen and oxygen atoms in total. The van der Waals surface area contributed by atoms with E-state index in [0.29, 0.717) is 6.42 Å². The van der Waals surface area contributed by atoms with Crippen LogP contribution in [0.5, 0.6) is 0 Å². The van der Waals surface area contributed by atoms with E-state index in [1.165, 1.54) is 0 Å². The number of rotatable bonds is 7. The first kappa shape index (κ1) is 14.4. The minimum Gasteiger partial charge on any atom is -0.481 e. The Hall–Kier alpha value is -1.63. The van der Waals surface area contributed by atoms with Crippen molar-refractivity contribution >= 4 is 17.8 Å². The number of aliphatic carboxylic acids is 2. The summed E-state index contributed by atoms with van der Waals surface area (Å²) in [5.74, 6) is -3.15. The predicted molar refractivity (Wildman–Crippen MR) is 54.7 cm³/mol. The molecule has 0 aliphatic rings. The summed E-state index contributed by atoms with van der Waals surface area (Å²) in [6, 6.07) is -1.55. The molecule has 2 unspecified atom stereocenters. The van der Waals surface area contributed by atoms with Crippen LogP contribution < -0.4 is 11.1 Å². The molecule has 0 saturated carbocycles. The van der Waals surface area contributed by atoms with Gasteiger partial charge in [-0.2, -0.15) is 0 Å². The van der Waals surface area contributed by atoms with Crippen molar-refractivity contribution in [2.24, 2.45) is 5.73 Å². The third-order valence-electron chi connectivity index (χ3n) is 1.84. The number of carboxylic acid groups (broad SMARTS) is 2. The van der Waals surface area contributed by atoms with Gasteiger partial charge in [-0.15, -0.1) is 0 Å². The van der Waals surface area contributed by atoms with Crippen LogP contribution in [0.25, 0.3) is 0 Å². The second-order valence-electron chi connectivity index (χ2n) is 3.57. The number of amides is 1. The molecule has 7 heteroatoms. The van der Waals surface area contributed by atoms with Crippen molar-refractivity contribution in [2.75, 3.05) is 0 Å². The molecule has 0 rings (SSSR count). The minimum atomic E-state index is -1.39. The molecule has 0 bridgehead atoms. The zero-order valence-electron chi connectivity index (χ0n) is 8.97. The van der Waals surface area contributed by atoms with Crippen molar-refractivity contribution in [2.45, 2.75) is 38.3 Å². The Morgan fingerprint density at radius 1 is 1.31 bits per heavy atom. The first-order chi connectivity index (χ1) is 7.32. The Kier molecular flexibility index (Phi) is 6.09. The third kappa shape index (κ3) is 6.77. The van der Waals surface area contributed by atoms with E-state index in [2.05, 4.69) is 5.32 Å². The van der Waals surface area contributed by atoms with E-state index >= 15 is 0 Å². The fourth-order valence-corrected chi connectivity index (χ4v) is 1.000. The highest BCUT2D eigenvalue weighted by Gasteiger charge is 2.22. The summed E-state index contributed by atoms with van der Waals surface area (Å²) in [4.78, 5) is 32.2. The summed E-state index contributed by atoms with van der Waals surface area (Å²) in [6.45, 7) is 1.72. The van der Waals surface area contributed by atoms with E-state index < -0.39 is 30.3 Å². The van der Waals surface area contributed by atoms with E-state index in [1.54, 1.807) is 6.92 Å². The third-order valence-corrected chi connectivity index (χ3v) is 1.84. The quantitative estimate of drug-likeness (QED) is 0.452. The fraction of sp³-hybridized carbons (Fsp3) is 0.667. The average molecular weight is 232 g/mol. The summed E-state index contributed by atoms with van der Waals surface area (Å²) in [6.07, 6.45) is -0.133. The number of hydrogen-bond acceptors (Lipinski definition) is 4. The van der Waals surface area contributed by atoms with Gasteiger partial charge in [-0.1, -0.05) is 0 Å². The smallest absolute Gasteiger partial charge is 0.326 e. The maximum atomic E-state index is 11.2. The molecule has 92 valence electrons.